The molecule has 1 aromatic heterocycles. The highest BCUT2D eigenvalue weighted by molar-refractivity contribution is 7.99. The summed E-state index contributed by atoms with van der Waals surface area (Å²) in [6.45, 7) is 0. The number of aromatic nitrogens is 2. The lowest BCUT2D eigenvalue weighted by molar-refractivity contribution is -0.113. The number of thioether (sulfide) groups is 1. The predicted octanol–water partition coefficient (Wildman–Crippen LogP) is 3.99. The van der Waals surface area contributed by atoms with Crippen LogP contribution in [-0.4, -0.2) is 27.0 Å². The average molecular weight is 371 g/mol. The van der Waals surface area contributed by atoms with Crippen LogP contribution < -0.4 is 14.8 Å². The van der Waals surface area contributed by atoms with Crippen LogP contribution in [0, 0.1) is 0 Å². The Morgan fingerprint density at radius 2 is 2.08 bits per heavy atom. The Balaban J connectivity index is 1.20. The molecule has 1 aromatic carbocycles. The number of imidazole rings is 1. The molecular formula is C19H21N3O3S. The number of hydrogen-bond acceptors (Lipinski definition) is 5. The Labute approximate surface area is 156 Å². The monoisotopic (exact) mass is 371 g/mol. The van der Waals surface area contributed by atoms with Crippen LogP contribution >= 0.6 is 11.8 Å². The molecule has 5 rings (SSSR count). The van der Waals surface area contributed by atoms with Crippen molar-refractivity contribution in [3.05, 3.63) is 30.6 Å². The van der Waals surface area contributed by atoms with Gasteiger partial charge in [-0.3, -0.25) is 4.79 Å². The van der Waals surface area contributed by atoms with E-state index in [1.54, 1.807) is 6.20 Å². The van der Waals surface area contributed by atoms with Crippen molar-refractivity contribution in [1.29, 1.82) is 0 Å². The van der Waals surface area contributed by atoms with Crippen LogP contribution in [-0.2, 0) is 4.79 Å². The van der Waals surface area contributed by atoms with Crippen LogP contribution in [0.15, 0.2) is 35.7 Å². The zero-order valence-electron chi connectivity index (χ0n) is 14.4. The molecule has 7 heteroatoms. The third kappa shape index (κ3) is 3.05. The quantitative estimate of drug-likeness (QED) is 0.805. The molecule has 1 aliphatic heterocycles. The SMILES string of the molecule is O=C(CSc1nccn1C1CC1)Nc1ccc2c(c1)OC1(CCCC1)O2. The molecule has 0 atom stereocenters. The Morgan fingerprint density at radius 3 is 2.88 bits per heavy atom. The maximum Gasteiger partial charge on any atom is 0.251 e. The van der Waals surface area contributed by atoms with E-state index >= 15 is 0 Å². The molecule has 2 saturated carbocycles. The lowest BCUT2D eigenvalue weighted by atomic mass is 10.2. The van der Waals surface area contributed by atoms with E-state index in [0.717, 1.165) is 48.0 Å². The van der Waals surface area contributed by atoms with Gasteiger partial charge in [-0.2, -0.15) is 0 Å². The van der Waals surface area contributed by atoms with Gasteiger partial charge in [-0.05, 0) is 37.8 Å². The predicted molar refractivity (Wildman–Crippen MR) is 98.7 cm³/mol. The van der Waals surface area contributed by atoms with Gasteiger partial charge < -0.3 is 19.4 Å². The van der Waals surface area contributed by atoms with Crippen LogP contribution in [0.4, 0.5) is 5.69 Å². The molecule has 1 N–H and O–H groups in total. The van der Waals surface area contributed by atoms with Crippen LogP contribution in [0.5, 0.6) is 11.5 Å². The second-order valence-electron chi connectivity index (χ2n) is 7.17. The number of fused-ring (bicyclic) bond motifs is 1. The van der Waals surface area contributed by atoms with E-state index in [1.165, 1.54) is 24.6 Å². The Kier molecular flexibility index (Phi) is 3.85. The first kappa shape index (κ1) is 16.1. The maximum absolute atomic E-state index is 12.3. The number of benzene rings is 1. The minimum absolute atomic E-state index is 0.0465. The number of amides is 1. The smallest absolute Gasteiger partial charge is 0.251 e. The van der Waals surface area contributed by atoms with Gasteiger partial charge in [-0.25, -0.2) is 4.98 Å². The first-order valence-corrected chi connectivity index (χ1v) is 10.2. The molecule has 2 fully saturated rings. The first-order valence-electron chi connectivity index (χ1n) is 9.18. The summed E-state index contributed by atoms with van der Waals surface area (Å²) in [5.41, 5.74) is 0.735. The summed E-state index contributed by atoms with van der Waals surface area (Å²) < 4.78 is 14.2. The standard InChI is InChI=1S/C19H21N3O3S/c23-17(12-26-18-20-9-10-22(18)14-4-5-14)21-13-3-6-15-16(11-13)25-19(24-15)7-1-2-8-19/h3,6,9-11,14H,1-2,4-5,7-8,12H2,(H,21,23). The van der Waals surface area contributed by atoms with Crippen LogP contribution in [0.2, 0.25) is 0 Å². The van der Waals surface area contributed by atoms with Gasteiger partial charge in [0.2, 0.25) is 5.91 Å². The second kappa shape index (κ2) is 6.23. The highest BCUT2D eigenvalue weighted by Crippen LogP contribution is 2.47. The van der Waals surface area contributed by atoms with E-state index in [0.29, 0.717) is 11.8 Å². The van der Waals surface area contributed by atoms with Crippen molar-refractivity contribution >= 4 is 23.4 Å². The van der Waals surface area contributed by atoms with Crippen molar-refractivity contribution < 1.29 is 14.3 Å². The summed E-state index contributed by atoms with van der Waals surface area (Å²) in [5.74, 6) is 1.31. The number of hydrogen-bond donors (Lipinski definition) is 1. The minimum atomic E-state index is -0.472. The van der Waals surface area contributed by atoms with E-state index in [1.807, 2.05) is 24.4 Å². The number of anilines is 1. The molecule has 1 amide bonds. The zero-order valence-corrected chi connectivity index (χ0v) is 15.3. The number of rotatable bonds is 5. The summed E-state index contributed by atoms with van der Waals surface area (Å²) in [5, 5.41) is 3.86. The number of nitrogens with zero attached hydrogens (tertiary/aromatic N) is 2. The van der Waals surface area contributed by atoms with Crippen LogP contribution in [0.3, 0.4) is 0 Å². The molecule has 136 valence electrons. The Bertz CT molecular complexity index is 840. The van der Waals surface area contributed by atoms with Gasteiger partial charge in [0, 0.05) is 43.0 Å². The van der Waals surface area contributed by atoms with Gasteiger partial charge in [0.25, 0.3) is 5.79 Å². The largest absolute Gasteiger partial charge is 0.448 e. The first-order chi connectivity index (χ1) is 12.7. The molecule has 0 unspecified atom stereocenters. The fourth-order valence-electron chi connectivity index (χ4n) is 3.66. The van der Waals surface area contributed by atoms with Gasteiger partial charge in [-0.1, -0.05) is 11.8 Å². The lowest BCUT2D eigenvalue weighted by Crippen LogP contribution is -2.34. The molecule has 2 heterocycles. The van der Waals surface area contributed by atoms with Crippen molar-refractivity contribution in [3.63, 3.8) is 0 Å². The van der Waals surface area contributed by atoms with Gasteiger partial charge in [0.1, 0.15) is 0 Å². The molecule has 2 aromatic rings. The Morgan fingerprint density at radius 1 is 1.27 bits per heavy atom. The van der Waals surface area contributed by atoms with Crippen LogP contribution in [0.1, 0.15) is 44.6 Å². The summed E-state index contributed by atoms with van der Waals surface area (Å²) in [6, 6.07) is 6.17. The van der Waals surface area contributed by atoms with E-state index in [-0.39, 0.29) is 5.91 Å². The van der Waals surface area contributed by atoms with Crippen molar-refractivity contribution in [3.8, 4) is 11.5 Å². The Hall–Kier alpha value is -2.15. The minimum Gasteiger partial charge on any atom is -0.448 e. The molecule has 3 aliphatic rings. The van der Waals surface area contributed by atoms with Crippen LogP contribution in [0.25, 0.3) is 0 Å². The molecule has 26 heavy (non-hydrogen) atoms. The summed E-state index contributed by atoms with van der Waals surface area (Å²) >= 11 is 1.47. The molecule has 2 aliphatic carbocycles. The van der Waals surface area contributed by atoms with Gasteiger partial charge in [-0.15, -0.1) is 0 Å². The topological polar surface area (TPSA) is 65.4 Å². The van der Waals surface area contributed by atoms with Crippen molar-refractivity contribution in [2.75, 3.05) is 11.1 Å². The van der Waals surface area contributed by atoms with E-state index in [9.17, 15) is 4.79 Å². The fourth-order valence-corrected chi connectivity index (χ4v) is 4.49. The fraction of sp³-hybridized carbons (Fsp3) is 0.474. The molecule has 0 bridgehead atoms. The lowest BCUT2D eigenvalue weighted by Gasteiger charge is -2.21. The molecule has 0 saturated heterocycles. The summed E-state index contributed by atoms with van der Waals surface area (Å²) in [7, 11) is 0. The van der Waals surface area contributed by atoms with Gasteiger partial charge in [0.15, 0.2) is 16.7 Å². The van der Waals surface area contributed by atoms with E-state index < -0.39 is 5.79 Å². The second-order valence-corrected chi connectivity index (χ2v) is 8.11. The average Bonchev–Trinajstić information content (AvgIpc) is 3.06. The molecular weight excluding hydrogens is 350 g/mol. The number of carbonyl (C=O) groups is 1. The van der Waals surface area contributed by atoms with Gasteiger partial charge in [0.05, 0.1) is 5.75 Å². The highest BCUT2D eigenvalue weighted by Gasteiger charge is 2.44. The van der Waals surface area contributed by atoms with E-state index in [2.05, 4.69) is 14.9 Å². The van der Waals surface area contributed by atoms with Crippen molar-refractivity contribution in [2.24, 2.45) is 0 Å². The zero-order chi connectivity index (χ0) is 17.6. The van der Waals surface area contributed by atoms with Crippen molar-refractivity contribution in [2.45, 2.75) is 55.5 Å². The van der Waals surface area contributed by atoms with Crippen molar-refractivity contribution in [1.82, 2.24) is 9.55 Å². The molecule has 1 spiro atoms. The maximum atomic E-state index is 12.3. The normalized spacial score (nSPS) is 19.8. The van der Waals surface area contributed by atoms with Gasteiger partial charge >= 0.3 is 0 Å². The summed E-state index contributed by atoms with van der Waals surface area (Å²) in [4.78, 5) is 16.7. The highest BCUT2D eigenvalue weighted by atomic mass is 32.2. The number of carbonyl (C=O) groups excluding carboxylic acids is 1. The van der Waals surface area contributed by atoms with E-state index in [4.69, 9.17) is 9.47 Å². The molecule has 6 nitrogen and oxygen atoms in total. The third-order valence-corrected chi connectivity index (χ3v) is 6.07. The number of ether oxygens (including phenoxy) is 2. The number of nitrogens with one attached hydrogen (secondary N) is 1. The third-order valence-electron chi connectivity index (χ3n) is 5.09. The summed E-state index contributed by atoms with van der Waals surface area (Å²) in [6.07, 6.45) is 10.3. The molecule has 0 radical (unpaired) electrons.